The second-order valence-corrected chi connectivity index (χ2v) is 5.89. The highest BCUT2D eigenvalue weighted by Crippen LogP contribution is 2.15. The van der Waals surface area contributed by atoms with Crippen molar-refractivity contribution in [2.24, 2.45) is 0 Å². The van der Waals surface area contributed by atoms with E-state index in [0.717, 1.165) is 11.1 Å². The van der Waals surface area contributed by atoms with E-state index in [0.29, 0.717) is 16.4 Å². The molecule has 2 amide bonds. The Labute approximate surface area is 132 Å². The minimum atomic E-state index is -0.237. The van der Waals surface area contributed by atoms with Crippen LogP contribution in [0.15, 0.2) is 35.7 Å². The fraction of sp³-hybridized carbons (Fsp3) is 0.200. The average molecular weight is 323 g/mol. The van der Waals surface area contributed by atoms with Crippen molar-refractivity contribution in [3.63, 3.8) is 0 Å². The zero-order chi connectivity index (χ0) is 15.2. The minimum absolute atomic E-state index is 0.0453. The second kappa shape index (κ2) is 7.24. The van der Waals surface area contributed by atoms with Crippen molar-refractivity contribution in [1.29, 1.82) is 0 Å². The number of aryl methyl sites for hydroxylation is 1. The lowest BCUT2D eigenvalue weighted by molar-refractivity contribution is -0.120. The molecule has 0 fully saturated rings. The van der Waals surface area contributed by atoms with Gasteiger partial charge >= 0.3 is 0 Å². The molecule has 0 unspecified atom stereocenters. The van der Waals surface area contributed by atoms with Gasteiger partial charge in [-0.25, -0.2) is 0 Å². The summed E-state index contributed by atoms with van der Waals surface area (Å²) in [7, 11) is 0. The first kappa shape index (κ1) is 15.5. The molecule has 1 aromatic carbocycles. The van der Waals surface area contributed by atoms with E-state index < -0.39 is 0 Å². The van der Waals surface area contributed by atoms with Gasteiger partial charge in [0.1, 0.15) is 0 Å². The van der Waals surface area contributed by atoms with Crippen LogP contribution in [0.1, 0.15) is 20.8 Å². The summed E-state index contributed by atoms with van der Waals surface area (Å²) in [5.41, 5.74) is 2.02. The van der Waals surface area contributed by atoms with Gasteiger partial charge in [-0.15, -0.1) is 11.3 Å². The molecule has 2 N–H and O–H groups in total. The van der Waals surface area contributed by atoms with Gasteiger partial charge in [0.05, 0.1) is 11.4 Å². The Bertz CT molecular complexity index is 641. The minimum Gasteiger partial charge on any atom is -0.350 e. The molecule has 21 heavy (non-hydrogen) atoms. The number of hydrogen-bond donors (Lipinski definition) is 2. The quantitative estimate of drug-likeness (QED) is 0.889. The van der Waals surface area contributed by atoms with Gasteiger partial charge in [0.2, 0.25) is 5.91 Å². The normalized spacial score (nSPS) is 10.2. The van der Waals surface area contributed by atoms with Crippen molar-refractivity contribution in [1.82, 2.24) is 10.6 Å². The molecule has 110 valence electrons. The third-order valence-electron chi connectivity index (χ3n) is 2.94. The number of benzene rings is 1. The fourth-order valence-corrected chi connectivity index (χ4v) is 2.58. The number of thiophene rings is 1. The van der Waals surface area contributed by atoms with Gasteiger partial charge in [0.25, 0.3) is 5.91 Å². The smallest absolute Gasteiger partial charge is 0.261 e. The molecule has 2 aromatic rings. The van der Waals surface area contributed by atoms with Crippen LogP contribution in [0.3, 0.4) is 0 Å². The number of hydrogen-bond acceptors (Lipinski definition) is 3. The number of nitrogens with one attached hydrogen (secondary N) is 2. The van der Waals surface area contributed by atoms with E-state index >= 15 is 0 Å². The van der Waals surface area contributed by atoms with Crippen LogP contribution in [0.5, 0.6) is 0 Å². The van der Waals surface area contributed by atoms with Crippen molar-refractivity contribution >= 4 is 34.8 Å². The first-order chi connectivity index (χ1) is 10.1. The SMILES string of the molecule is Cc1ccc(Cl)cc1CNC(=O)CNC(=O)c1cccs1. The summed E-state index contributed by atoms with van der Waals surface area (Å²) in [5, 5.41) is 7.79. The molecule has 0 aliphatic heterocycles. The van der Waals surface area contributed by atoms with E-state index in [-0.39, 0.29) is 18.4 Å². The number of carbonyl (C=O) groups excluding carboxylic acids is 2. The highest BCUT2D eigenvalue weighted by Gasteiger charge is 2.09. The molecule has 0 spiro atoms. The third kappa shape index (κ3) is 4.58. The van der Waals surface area contributed by atoms with Gasteiger partial charge in [-0.1, -0.05) is 23.7 Å². The maximum Gasteiger partial charge on any atom is 0.261 e. The Morgan fingerprint density at radius 3 is 2.76 bits per heavy atom. The third-order valence-corrected chi connectivity index (χ3v) is 4.05. The Hall–Kier alpha value is -1.85. The van der Waals surface area contributed by atoms with Gasteiger partial charge in [0.15, 0.2) is 0 Å². The van der Waals surface area contributed by atoms with Gasteiger partial charge in [0, 0.05) is 11.6 Å². The first-order valence-electron chi connectivity index (χ1n) is 6.39. The van der Waals surface area contributed by atoms with Crippen LogP contribution in [0, 0.1) is 6.92 Å². The molecule has 0 atom stereocenters. The molecule has 0 aliphatic rings. The lowest BCUT2D eigenvalue weighted by Gasteiger charge is -2.09. The van der Waals surface area contributed by atoms with E-state index in [4.69, 9.17) is 11.6 Å². The van der Waals surface area contributed by atoms with Gasteiger partial charge in [-0.05, 0) is 41.6 Å². The van der Waals surface area contributed by atoms with Crippen LogP contribution >= 0.6 is 22.9 Å². The van der Waals surface area contributed by atoms with Crippen molar-refractivity contribution < 1.29 is 9.59 Å². The van der Waals surface area contributed by atoms with Gasteiger partial charge < -0.3 is 10.6 Å². The molecule has 0 radical (unpaired) electrons. The second-order valence-electron chi connectivity index (χ2n) is 4.51. The molecule has 4 nitrogen and oxygen atoms in total. The summed E-state index contributed by atoms with van der Waals surface area (Å²) in [6.07, 6.45) is 0. The van der Waals surface area contributed by atoms with Crippen LogP contribution in [-0.2, 0) is 11.3 Å². The fourth-order valence-electron chi connectivity index (χ4n) is 1.74. The molecular formula is C15H15ClN2O2S. The maximum absolute atomic E-state index is 11.7. The topological polar surface area (TPSA) is 58.2 Å². The summed E-state index contributed by atoms with van der Waals surface area (Å²) in [6.45, 7) is 2.30. The summed E-state index contributed by atoms with van der Waals surface area (Å²) in [5.74, 6) is -0.474. The number of amides is 2. The van der Waals surface area contributed by atoms with Crippen LogP contribution < -0.4 is 10.6 Å². The number of rotatable bonds is 5. The van der Waals surface area contributed by atoms with Crippen molar-refractivity contribution in [3.8, 4) is 0 Å². The standard InChI is InChI=1S/C15H15ClN2O2S/c1-10-4-5-12(16)7-11(10)8-17-14(19)9-18-15(20)13-3-2-6-21-13/h2-7H,8-9H2,1H3,(H,17,19)(H,18,20). The lowest BCUT2D eigenvalue weighted by atomic mass is 10.1. The number of halogens is 1. The average Bonchev–Trinajstić information content (AvgIpc) is 3.00. The largest absolute Gasteiger partial charge is 0.350 e. The molecule has 1 aromatic heterocycles. The van der Waals surface area contributed by atoms with Crippen molar-refractivity contribution in [3.05, 3.63) is 56.7 Å². The molecule has 0 bridgehead atoms. The molecule has 0 saturated carbocycles. The molecular weight excluding hydrogens is 308 g/mol. The predicted molar refractivity (Wildman–Crippen MR) is 84.7 cm³/mol. The molecule has 0 saturated heterocycles. The maximum atomic E-state index is 11.7. The zero-order valence-electron chi connectivity index (χ0n) is 11.5. The molecule has 0 aliphatic carbocycles. The van der Waals surface area contributed by atoms with E-state index in [9.17, 15) is 9.59 Å². The van der Waals surface area contributed by atoms with Crippen LogP contribution in [0.2, 0.25) is 5.02 Å². The van der Waals surface area contributed by atoms with Gasteiger partial charge in [-0.3, -0.25) is 9.59 Å². The first-order valence-corrected chi connectivity index (χ1v) is 7.65. The molecule has 2 rings (SSSR count). The lowest BCUT2D eigenvalue weighted by Crippen LogP contribution is -2.36. The van der Waals surface area contributed by atoms with Crippen molar-refractivity contribution in [2.75, 3.05) is 6.54 Å². The summed E-state index contributed by atoms with van der Waals surface area (Å²) in [4.78, 5) is 24.0. The summed E-state index contributed by atoms with van der Waals surface area (Å²) >= 11 is 7.26. The van der Waals surface area contributed by atoms with E-state index in [1.54, 1.807) is 12.1 Å². The molecule has 6 heteroatoms. The van der Waals surface area contributed by atoms with Crippen LogP contribution in [0.4, 0.5) is 0 Å². The van der Waals surface area contributed by atoms with Crippen LogP contribution in [-0.4, -0.2) is 18.4 Å². The Balaban J connectivity index is 1.80. The Kier molecular flexibility index (Phi) is 5.36. The van der Waals surface area contributed by atoms with E-state index in [1.807, 2.05) is 30.5 Å². The van der Waals surface area contributed by atoms with E-state index in [2.05, 4.69) is 10.6 Å². The van der Waals surface area contributed by atoms with Crippen molar-refractivity contribution in [2.45, 2.75) is 13.5 Å². The van der Waals surface area contributed by atoms with Gasteiger partial charge in [-0.2, -0.15) is 0 Å². The van der Waals surface area contributed by atoms with Crippen LogP contribution in [0.25, 0.3) is 0 Å². The van der Waals surface area contributed by atoms with E-state index in [1.165, 1.54) is 11.3 Å². The summed E-state index contributed by atoms with van der Waals surface area (Å²) < 4.78 is 0. The Morgan fingerprint density at radius 2 is 2.05 bits per heavy atom. The number of carbonyl (C=O) groups is 2. The highest BCUT2D eigenvalue weighted by atomic mass is 35.5. The Morgan fingerprint density at radius 1 is 1.24 bits per heavy atom. The zero-order valence-corrected chi connectivity index (χ0v) is 13.1. The monoisotopic (exact) mass is 322 g/mol. The molecule has 1 heterocycles. The summed E-state index contributed by atoms with van der Waals surface area (Å²) in [6, 6.07) is 9.04. The predicted octanol–water partition coefficient (Wildman–Crippen LogP) is 2.76. The highest BCUT2D eigenvalue weighted by molar-refractivity contribution is 7.12.